The number of alkyl halides is 1. The smallest absolute Gasteiger partial charge is 0.205 e. The Bertz CT molecular complexity index is 399. The summed E-state index contributed by atoms with van der Waals surface area (Å²) in [4.78, 5) is 0. The van der Waals surface area contributed by atoms with E-state index in [9.17, 15) is 4.39 Å². The molecule has 0 radical (unpaired) electrons. The van der Waals surface area contributed by atoms with E-state index in [0.717, 1.165) is 10.6 Å². The summed E-state index contributed by atoms with van der Waals surface area (Å²) in [7, 11) is -1.82. The van der Waals surface area contributed by atoms with E-state index in [2.05, 4.69) is 6.66 Å². The van der Waals surface area contributed by atoms with E-state index >= 15 is 0 Å². The third-order valence-electron chi connectivity index (χ3n) is 2.89. The van der Waals surface area contributed by atoms with Gasteiger partial charge in [-0.15, -0.1) is 0 Å². The van der Waals surface area contributed by atoms with Crippen molar-refractivity contribution in [3.8, 4) is 0 Å². The molecule has 0 atom stereocenters. The van der Waals surface area contributed by atoms with Crippen molar-refractivity contribution in [3.05, 3.63) is 60.7 Å². The Morgan fingerprint density at radius 2 is 1.19 bits per heavy atom. The lowest BCUT2D eigenvalue weighted by Crippen LogP contribution is -2.22. The maximum absolute atomic E-state index is 13.5. The summed E-state index contributed by atoms with van der Waals surface area (Å²) < 4.78 is 13.5. The van der Waals surface area contributed by atoms with Crippen LogP contribution >= 0.6 is 7.26 Å². The molecule has 0 N–H and O–H groups in total. The number of rotatable bonds is 3. The van der Waals surface area contributed by atoms with Crippen LogP contribution in [0.4, 0.5) is 4.39 Å². The van der Waals surface area contributed by atoms with E-state index in [-0.39, 0.29) is 6.42 Å². The first-order valence-electron chi connectivity index (χ1n) is 5.30. The Labute approximate surface area is 96.5 Å². The van der Waals surface area contributed by atoms with Crippen molar-refractivity contribution in [3.63, 3.8) is 0 Å². The molecular formula is C14H15FP+. The van der Waals surface area contributed by atoms with Crippen LogP contribution in [0.25, 0.3) is 0 Å². The molecule has 0 aliphatic rings. The summed E-state index contributed by atoms with van der Waals surface area (Å²) >= 11 is 0. The highest BCUT2D eigenvalue weighted by molar-refractivity contribution is 7.88. The molecule has 0 amide bonds. The van der Waals surface area contributed by atoms with Gasteiger partial charge in [-0.3, -0.25) is 0 Å². The Morgan fingerprint density at radius 1 is 0.812 bits per heavy atom. The average Bonchev–Trinajstić information content (AvgIpc) is 2.40. The third kappa shape index (κ3) is 2.01. The van der Waals surface area contributed by atoms with Gasteiger partial charge < -0.3 is 0 Å². The molecule has 0 spiro atoms. The van der Waals surface area contributed by atoms with Gasteiger partial charge in [0.2, 0.25) is 6.42 Å². The second-order valence-corrected chi connectivity index (χ2v) is 7.64. The van der Waals surface area contributed by atoms with Crippen LogP contribution < -0.4 is 10.6 Å². The molecule has 0 aromatic heterocycles. The first-order valence-corrected chi connectivity index (χ1v) is 7.72. The fourth-order valence-electron chi connectivity index (χ4n) is 1.80. The molecule has 0 saturated heterocycles. The highest BCUT2D eigenvalue weighted by Gasteiger charge is 2.37. The zero-order valence-electron chi connectivity index (χ0n) is 9.31. The topological polar surface area (TPSA) is 0 Å². The number of halogens is 1. The zero-order chi connectivity index (χ0) is 11.4. The molecule has 0 nitrogen and oxygen atoms in total. The Hall–Kier alpha value is -1.20. The first-order chi connectivity index (χ1) is 7.77. The van der Waals surface area contributed by atoms with E-state index in [0.29, 0.717) is 0 Å². The van der Waals surface area contributed by atoms with Gasteiger partial charge in [-0.25, -0.2) is 4.39 Å². The quantitative estimate of drug-likeness (QED) is 0.714. The van der Waals surface area contributed by atoms with Gasteiger partial charge in [0.25, 0.3) is 0 Å². The molecule has 82 valence electrons. The fourth-order valence-corrected chi connectivity index (χ4v) is 4.04. The van der Waals surface area contributed by atoms with Crippen molar-refractivity contribution in [2.75, 3.05) is 13.1 Å². The van der Waals surface area contributed by atoms with Crippen LogP contribution in [0.1, 0.15) is 0 Å². The van der Waals surface area contributed by atoms with E-state index in [1.807, 2.05) is 60.7 Å². The van der Waals surface area contributed by atoms with Crippen molar-refractivity contribution >= 4 is 17.9 Å². The summed E-state index contributed by atoms with van der Waals surface area (Å²) in [6.45, 7) is 2.05. The summed E-state index contributed by atoms with van der Waals surface area (Å²) in [6, 6.07) is 20.0. The van der Waals surface area contributed by atoms with Crippen LogP contribution in [0.5, 0.6) is 0 Å². The third-order valence-corrected chi connectivity index (χ3v) is 6.25. The lowest BCUT2D eigenvalue weighted by atomic mass is 10.4. The molecule has 0 aliphatic carbocycles. The monoisotopic (exact) mass is 233 g/mol. The van der Waals surface area contributed by atoms with Gasteiger partial charge in [0, 0.05) is 0 Å². The summed E-state index contributed by atoms with van der Waals surface area (Å²) in [5.74, 6) is 0. The van der Waals surface area contributed by atoms with Gasteiger partial charge in [-0.05, 0) is 24.3 Å². The van der Waals surface area contributed by atoms with Gasteiger partial charge in [0.05, 0.1) is 6.66 Å². The lowest BCUT2D eigenvalue weighted by Gasteiger charge is -2.19. The van der Waals surface area contributed by atoms with E-state index < -0.39 is 7.26 Å². The molecule has 0 aliphatic heterocycles. The fraction of sp³-hybridized carbons (Fsp3) is 0.143. The molecule has 16 heavy (non-hydrogen) atoms. The first kappa shape index (κ1) is 11.3. The van der Waals surface area contributed by atoms with Crippen LogP contribution in [-0.4, -0.2) is 13.1 Å². The molecule has 0 fully saturated rings. The summed E-state index contributed by atoms with van der Waals surface area (Å²) in [6.07, 6.45) is -0.277. The lowest BCUT2D eigenvalue weighted by molar-refractivity contribution is 0.598. The molecule has 0 saturated carbocycles. The molecule has 0 bridgehead atoms. The molecule has 2 aromatic carbocycles. The molecule has 0 unspecified atom stereocenters. The van der Waals surface area contributed by atoms with Gasteiger partial charge in [0.15, 0.2) is 0 Å². The van der Waals surface area contributed by atoms with Gasteiger partial charge in [-0.1, -0.05) is 36.4 Å². The summed E-state index contributed by atoms with van der Waals surface area (Å²) in [5, 5.41) is 2.26. The SMILES string of the molecule is C[P+](CF)(c1ccccc1)c1ccccc1. The maximum atomic E-state index is 13.5. The normalized spacial score (nSPS) is 11.4. The molecule has 0 heterocycles. The van der Waals surface area contributed by atoms with Gasteiger partial charge in [-0.2, -0.15) is 0 Å². The standard InChI is InChI=1S/C14H15FP/c1-16(12-15,13-8-4-2-5-9-13)14-10-6-3-7-11-14/h2-11H,12H2,1H3/q+1. The van der Waals surface area contributed by atoms with Crippen molar-refractivity contribution in [2.24, 2.45) is 0 Å². The Balaban J connectivity index is 2.49. The minimum absolute atomic E-state index is 0.277. The number of benzene rings is 2. The Morgan fingerprint density at radius 3 is 1.50 bits per heavy atom. The minimum Gasteiger partial charge on any atom is -0.205 e. The van der Waals surface area contributed by atoms with Crippen LogP contribution in [0.2, 0.25) is 0 Å². The van der Waals surface area contributed by atoms with Gasteiger partial charge >= 0.3 is 0 Å². The second kappa shape index (κ2) is 4.76. The molecule has 2 aromatic rings. The van der Waals surface area contributed by atoms with Crippen molar-refractivity contribution in [2.45, 2.75) is 0 Å². The second-order valence-electron chi connectivity index (χ2n) is 3.98. The number of hydrogen-bond donors (Lipinski definition) is 0. The highest BCUT2D eigenvalue weighted by atomic mass is 31.2. The largest absolute Gasteiger partial charge is 0.205 e. The van der Waals surface area contributed by atoms with Gasteiger partial charge in [0.1, 0.15) is 17.9 Å². The average molecular weight is 233 g/mol. The van der Waals surface area contributed by atoms with Crippen molar-refractivity contribution < 1.29 is 4.39 Å². The van der Waals surface area contributed by atoms with Crippen molar-refractivity contribution in [1.29, 1.82) is 0 Å². The van der Waals surface area contributed by atoms with Crippen LogP contribution in [0.15, 0.2) is 60.7 Å². The van der Waals surface area contributed by atoms with E-state index in [4.69, 9.17) is 0 Å². The summed E-state index contributed by atoms with van der Waals surface area (Å²) in [5.41, 5.74) is 0. The minimum atomic E-state index is -1.82. The van der Waals surface area contributed by atoms with Crippen LogP contribution in [0, 0.1) is 0 Å². The van der Waals surface area contributed by atoms with Crippen LogP contribution in [-0.2, 0) is 0 Å². The molecule has 2 heteroatoms. The molecule has 2 rings (SSSR count). The molecular weight excluding hydrogens is 218 g/mol. The Kier molecular flexibility index (Phi) is 3.36. The van der Waals surface area contributed by atoms with Crippen molar-refractivity contribution in [1.82, 2.24) is 0 Å². The highest BCUT2D eigenvalue weighted by Crippen LogP contribution is 2.52. The van der Waals surface area contributed by atoms with E-state index in [1.165, 1.54) is 0 Å². The van der Waals surface area contributed by atoms with Crippen LogP contribution in [0.3, 0.4) is 0 Å². The predicted molar refractivity (Wildman–Crippen MR) is 71.0 cm³/mol. The maximum Gasteiger partial charge on any atom is 0.205 e. The zero-order valence-corrected chi connectivity index (χ0v) is 10.2. The predicted octanol–water partition coefficient (Wildman–Crippen LogP) is 3.21. The van der Waals surface area contributed by atoms with E-state index in [1.54, 1.807) is 0 Å². The number of hydrogen-bond acceptors (Lipinski definition) is 0.